The fraction of sp³-hybridized carbons (Fsp3) is 0.423. The highest BCUT2D eigenvalue weighted by atomic mass is 16.5. The summed E-state index contributed by atoms with van der Waals surface area (Å²) in [5, 5.41) is 14.5. The Hall–Kier alpha value is -3.35. The van der Waals surface area contributed by atoms with Crippen molar-refractivity contribution >= 4 is 18.0 Å². The van der Waals surface area contributed by atoms with E-state index in [0.717, 1.165) is 6.42 Å². The summed E-state index contributed by atoms with van der Waals surface area (Å²) in [6, 6.07) is 16.4. The number of hydrogen-bond donors (Lipinski definition) is 3. The average molecular weight is 451 g/mol. The molecule has 7 nitrogen and oxygen atoms in total. The summed E-state index contributed by atoms with van der Waals surface area (Å²) in [6.45, 7) is 2.81. The van der Waals surface area contributed by atoms with Crippen LogP contribution in [0, 0.1) is 17.8 Å². The van der Waals surface area contributed by atoms with E-state index in [2.05, 4.69) is 34.9 Å². The molecule has 7 heteroatoms. The van der Waals surface area contributed by atoms with Crippen molar-refractivity contribution in [1.29, 1.82) is 0 Å². The third-order valence-electron chi connectivity index (χ3n) is 6.65. The van der Waals surface area contributed by atoms with Gasteiger partial charge in [0.1, 0.15) is 6.61 Å². The first-order chi connectivity index (χ1) is 16.0. The molecule has 3 N–H and O–H groups in total. The molecule has 2 aliphatic rings. The van der Waals surface area contributed by atoms with E-state index in [1.54, 1.807) is 6.92 Å². The summed E-state index contributed by atoms with van der Waals surface area (Å²) < 4.78 is 5.54. The largest absolute Gasteiger partial charge is 0.481 e. The van der Waals surface area contributed by atoms with Gasteiger partial charge in [0.05, 0.1) is 5.92 Å². The number of benzene rings is 2. The molecule has 1 saturated carbocycles. The molecule has 2 aromatic rings. The van der Waals surface area contributed by atoms with Crippen molar-refractivity contribution in [2.24, 2.45) is 17.8 Å². The Kier molecular flexibility index (Phi) is 6.96. The van der Waals surface area contributed by atoms with Gasteiger partial charge in [0.2, 0.25) is 5.91 Å². The summed E-state index contributed by atoms with van der Waals surface area (Å²) in [7, 11) is 0. The SMILES string of the molecule is CC(CCCNC(=O)[C@H]1C[C@H]1CNC(=O)OCC1c2ccccc2-c2ccccc21)C(=O)O. The van der Waals surface area contributed by atoms with Crippen LogP contribution in [-0.2, 0) is 14.3 Å². The molecule has 0 aliphatic heterocycles. The predicted octanol–water partition coefficient (Wildman–Crippen LogP) is 3.78. The van der Waals surface area contributed by atoms with E-state index in [0.29, 0.717) is 25.9 Å². The average Bonchev–Trinajstić information content (AvgIpc) is 3.54. The zero-order valence-corrected chi connectivity index (χ0v) is 18.8. The monoisotopic (exact) mass is 450 g/mol. The van der Waals surface area contributed by atoms with Crippen molar-refractivity contribution in [2.75, 3.05) is 19.7 Å². The molecule has 1 fully saturated rings. The number of carboxylic acid groups (broad SMARTS) is 1. The minimum absolute atomic E-state index is 0.0199. The van der Waals surface area contributed by atoms with Gasteiger partial charge in [-0.25, -0.2) is 4.79 Å². The lowest BCUT2D eigenvalue weighted by Crippen LogP contribution is -2.31. The van der Waals surface area contributed by atoms with Crippen molar-refractivity contribution in [2.45, 2.75) is 32.1 Å². The summed E-state index contributed by atoms with van der Waals surface area (Å²) >= 11 is 0. The lowest BCUT2D eigenvalue weighted by atomic mass is 9.98. The molecule has 0 aromatic heterocycles. The van der Waals surface area contributed by atoms with Crippen LogP contribution in [0.1, 0.15) is 43.2 Å². The second-order valence-corrected chi connectivity index (χ2v) is 8.98. The molecule has 2 aliphatic carbocycles. The molecule has 2 amide bonds. The number of ether oxygens (including phenoxy) is 1. The van der Waals surface area contributed by atoms with Gasteiger partial charge in [-0.15, -0.1) is 0 Å². The highest BCUT2D eigenvalue weighted by Gasteiger charge is 2.42. The number of amides is 2. The molecule has 0 saturated heterocycles. The van der Waals surface area contributed by atoms with E-state index in [1.807, 2.05) is 24.3 Å². The van der Waals surface area contributed by atoms with Gasteiger partial charge in [-0.2, -0.15) is 0 Å². The highest BCUT2D eigenvalue weighted by molar-refractivity contribution is 5.82. The second kappa shape index (κ2) is 10.1. The molecular weight excluding hydrogens is 420 g/mol. The summed E-state index contributed by atoms with van der Waals surface area (Å²) in [4.78, 5) is 35.3. The maximum absolute atomic E-state index is 12.3. The van der Waals surface area contributed by atoms with Gasteiger partial charge in [-0.05, 0) is 47.4 Å². The molecule has 0 radical (unpaired) electrons. The van der Waals surface area contributed by atoms with Crippen molar-refractivity contribution in [3.05, 3.63) is 59.7 Å². The zero-order chi connectivity index (χ0) is 23.4. The maximum Gasteiger partial charge on any atom is 0.407 e. The van der Waals surface area contributed by atoms with Crippen LogP contribution < -0.4 is 10.6 Å². The number of carbonyl (C=O) groups is 3. The van der Waals surface area contributed by atoms with Crippen LogP contribution in [0.5, 0.6) is 0 Å². The van der Waals surface area contributed by atoms with Crippen molar-refractivity contribution < 1.29 is 24.2 Å². The molecule has 0 spiro atoms. The van der Waals surface area contributed by atoms with Crippen LogP contribution in [0.25, 0.3) is 11.1 Å². The summed E-state index contributed by atoms with van der Waals surface area (Å²) in [5.74, 6) is -1.22. The summed E-state index contributed by atoms with van der Waals surface area (Å²) in [6.07, 6.45) is 1.44. The minimum atomic E-state index is -0.817. The first-order valence-electron chi connectivity index (χ1n) is 11.5. The van der Waals surface area contributed by atoms with E-state index in [9.17, 15) is 14.4 Å². The van der Waals surface area contributed by atoms with Crippen LogP contribution in [0.4, 0.5) is 4.79 Å². The van der Waals surface area contributed by atoms with E-state index >= 15 is 0 Å². The molecule has 33 heavy (non-hydrogen) atoms. The number of fused-ring (bicyclic) bond motifs is 3. The molecule has 1 unspecified atom stereocenters. The predicted molar refractivity (Wildman–Crippen MR) is 124 cm³/mol. The van der Waals surface area contributed by atoms with Crippen LogP contribution >= 0.6 is 0 Å². The molecule has 0 bridgehead atoms. The van der Waals surface area contributed by atoms with Crippen molar-refractivity contribution in [1.82, 2.24) is 10.6 Å². The lowest BCUT2D eigenvalue weighted by molar-refractivity contribution is -0.141. The van der Waals surface area contributed by atoms with Gasteiger partial charge < -0.3 is 20.5 Å². The zero-order valence-electron chi connectivity index (χ0n) is 18.8. The lowest BCUT2D eigenvalue weighted by Gasteiger charge is -2.14. The Bertz CT molecular complexity index is 991. The van der Waals surface area contributed by atoms with Gasteiger partial charge in [0.25, 0.3) is 0 Å². The number of carboxylic acids is 1. The fourth-order valence-electron chi connectivity index (χ4n) is 4.53. The number of nitrogens with one attached hydrogen (secondary N) is 2. The molecule has 2 aromatic carbocycles. The number of carbonyl (C=O) groups excluding carboxylic acids is 2. The Labute approximate surface area is 193 Å². The fourth-order valence-corrected chi connectivity index (χ4v) is 4.53. The molecule has 174 valence electrons. The molecular formula is C26H30N2O5. The van der Waals surface area contributed by atoms with Crippen LogP contribution in [0.2, 0.25) is 0 Å². The quantitative estimate of drug-likeness (QED) is 0.478. The number of alkyl carbamates (subject to hydrolysis) is 1. The topological polar surface area (TPSA) is 105 Å². The van der Waals surface area contributed by atoms with Gasteiger partial charge >= 0.3 is 12.1 Å². The third-order valence-corrected chi connectivity index (χ3v) is 6.65. The second-order valence-electron chi connectivity index (χ2n) is 8.98. The van der Waals surface area contributed by atoms with Crippen molar-refractivity contribution in [3.63, 3.8) is 0 Å². The van der Waals surface area contributed by atoms with Crippen LogP contribution in [-0.4, -0.2) is 42.8 Å². The van der Waals surface area contributed by atoms with Gasteiger partial charge in [-0.3, -0.25) is 9.59 Å². The smallest absolute Gasteiger partial charge is 0.407 e. The van der Waals surface area contributed by atoms with Gasteiger partial charge in [-0.1, -0.05) is 55.5 Å². The Morgan fingerprint density at radius 2 is 1.67 bits per heavy atom. The Morgan fingerprint density at radius 3 is 2.30 bits per heavy atom. The highest BCUT2D eigenvalue weighted by Crippen LogP contribution is 2.44. The van der Waals surface area contributed by atoms with E-state index in [4.69, 9.17) is 9.84 Å². The molecule has 4 rings (SSSR count). The first kappa shape index (κ1) is 22.8. The maximum atomic E-state index is 12.3. The van der Waals surface area contributed by atoms with E-state index in [-0.39, 0.29) is 30.3 Å². The number of hydrogen-bond acceptors (Lipinski definition) is 4. The number of rotatable bonds is 10. The number of aliphatic carboxylic acids is 1. The van der Waals surface area contributed by atoms with Crippen molar-refractivity contribution in [3.8, 4) is 11.1 Å². The molecule has 0 heterocycles. The van der Waals surface area contributed by atoms with Gasteiger partial charge in [0.15, 0.2) is 0 Å². The summed E-state index contributed by atoms with van der Waals surface area (Å²) in [5.41, 5.74) is 4.71. The van der Waals surface area contributed by atoms with Crippen LogP contribution in [0.3, 0.4) is 0 Å². The molecule has 3 atom stereocenters. The Balaban J connectivity index is 1.17. The third kappa shape index (κ3) is 5.35. The normalized spacial score (nSPS) is 19.2. The van der Waals surface area contributed by atoms with Gasteiger partial charge in [0, 0.05) is 24.9 Å². The standard InChI is InChI=1S/C26H30N2O5/c1-16(25(30)31)7-6-12-27-24(29)22-13-17(22)14-28-26(32)33-15-23-20-10-4-2-8-18(20)19-9-3-5-11-21(19)23/h2-5,8-11,16-17,22-23H,6-7,12-15H2,1H3,(H,27,29)(H,28,32)(H,30,31)/t16?,17-,22-/m0/s1. The van der Waals surface area contributed by atoms with E-state index < -0.39 is 18.0 Å². The van der Waals surface area contributed by atoms with Crippen LogP contribution in [0.15, 0.2) is 48.5 Å². The van der Waals surface area contributed by atoms with E-state index in [1.165, 1.54) is 22.3 Å². The Morgan fingerprint density at radius 1 is 1.03 bits per heavy atom. The first-order valence-corrected chi connectivity index (χ1v) is 11.5. The minimum Gasteiger partial charge on any atom is -0.481 e.